The van der Waals surface area contributed by atoms with Gasteiger partial charge in [-0.05, 0) is 9.91 Å². The van der Waals surface area contributed by atoms with Crippen LogP contribution in [0.25, 0.3) is 0 Å². The van der Waals surface area contributed by atoms with Gasteiger partial charge in [0.15, 0.2) is 0 Å². The van der Waals surface area contributed by atoms with Gasteiger partial charge in [-0.2, -0.15) is 0 Å². The molecule has 7 nitrogen and oxygen atoms in total. The second kappa shape index (κ2) is 2.78. The number of rotatable bonds is 2. The van der Waals surface area contributed by atoms with Crippen LogP contribution in [0.2, 0.25) is 0 Å². The van der Waals surface area contributed by atoms with Gasteiger partial charge in [-0.1, -0.05) is 0 Å². The van der Waals surface area contributed by atoms with Crippen molar-refractivity contribution in [2.24, 2.45) is 7.05 Å². The second-order valence-corrected chi connectivity index (χ2v) is 2.21. The van der Waals surface area contributed by atoms with E-state index >= 15 is 0 Å². The Hall–Kier alpha value is -1.63. The van der Waals surface area contributed by atoms with Crippen molar-refractivity contribution in [3.05, 3.63) is 15.9 Å². The van der Waals surface area contributed by atoms with Gasteiger partial charge in [0.2, 0.25) is 5.82 Å². The molecule has 0 saturated carbocycles. The quantitative estimate of drug-likeness (QED) is 0.457. The van der Waals surface area contributed by atoms with Gasteiger partial charge < -0.3 is 21.0 Å². The third kappa shape index (κ3) is 1.10. The van der Waals surface area contributed by atoms with Crippen LogP contribution in [0.4, 0.5) is 11.6 Å². The Bertz CT molecular complexity index is 319. The average Bonchev–Trinajstić information content (AvgIpc) is 2.30. The van der Waals surface area contributed by atoms with E-state index in [0.29, 0.717) is 0 Å². The zero-order valence-corrected chi connectivity index (χ0v) is 6.39. The highest BCUT2D eigenvalue weighted by Crippen LogP contribution is 2.19. The predicted molar refractivity (Wildman–Crippen MR) is 40.2 cm³/mol. The van der Waals surface area contributed by atoms with Crippen LogP contribution in [-0.2, 0) is 13.7 Å². The van der Waals surface area contributed by atoms with Gasteiger partial charge in [-0.3, -0.25) is 4.57 Å². The number of imidazole rings is 1. The number of nitrogens with two attached hydrogens (primary N) is 1. The Labute approximate surface area is 67.6 Å². The maximum Gasteiger partial charge on any atom is 0.406 e. The lowest BCUT2D eigenvalue weighted by Gasteiger charge is -1.93. The van der Waals surface area contributed by atoms with Crippen LogP contribution in [0.3, 0.4) is 0 Å². The Morgan fingerprint density at radius 1 is 1.83 bits per heavy atom. The van der Waals surface area contributed by atoms with Crippen molar-refractivity contribution in [1.29, 1.82) is 0 Å². The van der Waals surface area contributed by atoms with Crippen LogP contribution in [0.5, 0.6) is 0 Å². The smallest absolute Gasteiger partial charge is 0.386 e. The first-order chi connectivity index (χ1) is 5.57. The summed E-state index contributed by atoms with van der Waals surface area (Å²) in [4.78, 5) is 13.1. The van der Waals surface area contributed by atoms with Crippen molar-refractivity contribution in [3.8, 4) is 0 Å². The van der Waals surface area contributed by atoms with Crippen molar-refractivity contribution in [2.75, 3.05) is 5.73 Å². The fourth-order valence-corrected chi connectivity index (χ4v) is 0.819. The number of hydrogen-bond donors (Lipinski definition) is 2. The van der Waals surface area contributed by atoms with Crippen LogP contribution >= 0.6 is 0 Å². The van der Waals surface area contributed by atoms with E-state index in [4.69, 9.17) is 10.8 Å². The minimum Gasteiger partial charge on any atom is -0.386 e. The lowest BCUT2D eigenvalue weighted by atomic mass is 10.6. The number of aliphatic hydroxyl groups excluding tert-OH is 1. The molecule has 12 heavy (non-hydrogen) atoms. The van der Waals surface area contributed by atoms with Crippen molar-refractivity contribution in [1.82, 2.24) is 9.55 Å². The molecule has 0 aliphatic heterocycles. The van der Waals surface area contributed by atoms with Crippen molar-refractivity contribution >= 4 is 11.6 Å². The van der Waals surface area contributed by atoms with Gasteiger partial charge in [0, 0.05) is 7.05 Å². The Morgan fingerprint density at radius 2 is 2.42 bits per heavy atom. The average molecular weight is 172 g/mol. The standard InChI is InChI=1S/C5H8N4O3/c1-8-3(2-10)7-5(4(8)6)9(11)12/h10H,2,6H2,1H3. The van der Waals surface area contributed by atoms with Gasteiger partial charge in [0.25, 0.3) is 5.82 Å². The summed E-state index contributed by atoms with van der Waals surface area (Å²) in [5, 5.41) is 18.9. The van der Waals surface area contributed by atoms with Crippen LogP contribution in [0.1, 0.15) is 5.82 Å². The zero-order valence-electron chi connectivity index (χ0n) is 6.39. The second-order valence-electron chi connectivity index (χ2n) is 2.21. The molecule has 3 N–H and O–H groups in total. The van der Waals surface area contributed by atoms with E-state index in [1.165, 1.54) is 11.6 Å². The maximum absolute atomic E-state index is 10.3. The third-order valence-electron chi connectivity index (χ3n) is 1.53. The molecule has 0 saturated heterocycles. The van der Waals surface area contributed by atoms with Crippen molar-refractivity contribution in [3.63, 3.8) is 0 Å². The summed E-state index contributed by atoms with van der Waals surface area (Å²) < 4.78 is 1.28. The highest BCUT2D eigenvalue weighted by molar-refractivity contribution is 5.48. The molecule has 0 aliphatic carbocycles. The van der Waals surface area contributed by atoms with E-state index in [1.54, 1.807) is 0 Å². The largest absolute Gasteiger partial charge is 0.406 e. The molecule has 0 unspecified atom stereocenters. The van der Waals surface area contributed by atoms with E-state index in [9.17, 15) is 10.1 Å². The fraction of sp³-hybridized carbons (Fsp3) is 0.400. The number of anilines is 1. The summed E-state index contributed by atoms with van der Waals surface area (Å²) in [7, 11) is 1.50. The highest BCUT2D eigenvalue weighted by Gasteiger charge is 2.22. The summed E-state index contributed by atoms with van der Waals surface area (Å²) in [6.45, 7) is -0.367. The van der Waals surface area contributed by atoms with Crippen molar-refractivity contribution in [2.45, 2.75) is 6.61 Å². The molecule has 0 atom stereocenters. The molecule has 0 fully saturated rings. The zero-order chi connectivity index (χ0) is 9.30. The third-order valence-corrected chi connectivity index (χ3v) is 1.53. The molecule has 0 aromatic carbocycles. The van der Waals surface area contributed by atoms with Gasteiger partial charge in [-0.25, -0.2) is 0 Å². The van der Waals surface area contributed by atoms with Crippen LogP contribution < -0.4 is 5.73 Å². The van der Waals surface area contributed by atoms with E-state index in [-0.39, 0.29) is 18.2 Å². The number of aromatic nitrogens is 2. The molecular weight excluding hydrogens is 164 g/mol. The van der Waals surface area contributed by atoms with E-state index < -0.39 is 10.7 Å². The minimum atomic E-state index is -0.686. The summed E-state index contributed by atoms with van der Waals surface area (Å²) in [5.41, 5.74) is 5.33. The van der Waals surface area contributed by atoms with Crippen molar-refractivity contribution < 1.29 is 10.0 Å². The van der Waals surface area contributed by atoms with Crippen LogP contribution in [0.15, 0.2) is 0 Å². The first-order valence-electron chi connectivity index (χ1n) is 3.14. The molecule has 1 aromatic rings. The molecule has 0 aliphatic rings. The van der Waals surface area contributed by atoms with Gasteiger partial charge in [0.1, 0.15) is 6.61 Å². The van der Waals surface area contributed by atoms with Gasteiger partial charge in [-0.15, -0.1) is 0 Å². The number of nitrogens with zero attached hydrogens (tertiary/aromatic N) is 3. The number of nitro groups is 1. The first-order valence-corrected chi connectivity index (χ1v) is 3.14. The SMILES string of the molecule is Cn1c(CO)nc([N+](=O)[O-])c1N. The molecule has 0 radical (unpaired) electrons. The number of hydrogen-bond acceptors (Lipinski definition) is 5. The molecular formula is C5H8N4O3. The van der Waals surface area contributed by atoms with E-state index in [1.807, 2.05) is 0 Å². The molecule has 0 spiro atoms. The van der Waals surface area contributed by atoms with Crippen LogP contribution in [-0.4, -0.2) is 19.6 Å². The fourth-order valence-electron chi connectivity index (χ4n) is 0.819. The molecule has 1 rings (SSSR count). The predicted octanol–water partition coefficient (Wildman–Crippen LogP) is -0.597. The molecule has 66 valence electrons. The first kappa shape index (κ1) is 8.47. The Morgan fingerprint density at radius 3 is 2.67 bits per heavy atom. The number of nitrogen functional groups attached to an aromatic ring is 1. The monoisotopic (exact) mass is 172 g/mol. The molecule has 1 aromatic heterocycles. The summed E-state index contributed by atoms with van der Waals surface area (Å²) >= 11 is 0. The summed E-state index contributed by atoms with van der Waals surface area (Å²) in [6.07, 6.45) is 0. The Kier molecular flexibility index (Phi) is 1.96. The van der Waals surface area contributed by atoms with E-state index in [2.05, 4.69) is 4.98 Å². The molecule has 0 bridgehead atoms. The molecule has 7 heteroatoms. The normalized spacial score (nSPS) is 10.2. The summed E-state index contributed by atoms with van der Waals surface area (Å²) in [5.74, 6) is -0.287. The molecule has 0 amide bonds. The summed E-state index contributed by atoms with van der Waals surface area (Å²) in [6, 6.07) is 0. The minimum absolute atomic E-state index is 0.0518. The lowest BCUT2D eigenvalue weighted by molar-refractivity contribution is -0.388. The highest BCUT2D eigenvalue weighted by atomic mass is 16.6. The van der Waals surface area contributed by atoms with Gasteiger partial charge in [0.05, 0.1) is 0 Å². The van der Waals surface area contributed by atoms with Gasteiger partial charge >= 0.3 is 5.82 Å². The maximum atomic E-state index is 10.3. The number of aliphatic hydroxyl groups is 1. The van der Waals surface area contributed by atoms with E-state index in [0.717, 1.165) is 0 Å². The van der Waals surface area contributed by atoms with Crippen LogP contribution in [0, 0.1) is 10.1 Å². The Balaban J connectivity index is 3.25. The molecule has 1 heterocycles. The lowest BCUT2D eigenvalue weighted by Crippen LogP contribution is -2.01. The topological polar surface area (TPSA) is 107 Å².